The van der Waals surface area contributed by atoms with Crippen LogP contribution in [0.3, 0.4) is 0 Å². The smallest absolute Gasteiger partial charge is 0.449 e. The molecule has 1 aromatic heterocycles. The first kappa shape index (κ1) is 46.6. The SMILES string of the molecule is CCO[P+](O)(COc1ccc(CC(NC(=O)OC2COC3OCCC23)C(O)CN(Cc2ccc(-c3ccccn3)cc2)NC(=O)C(NC(=O)OC)C(C)(C)C)cc1)OCC. The number of nitrogens with one attached hydrogen (secondary N) is 3. The number of alkyl carbamates (subject to hydrolysis) is 2. The van der Waals surface area contributed by atoms with Gasteiger partial charge in [0.2, 0.25) is 0 Å². The Morgan fingerprint density at radius 1 is 0.950 bits per heavy atom. The molecule has 6 atom stereocenters. The number of carbonyl (C=O) groups excluding carboxylic acids is 3. The molecule has 0 spiro atoms. The fraction of sp³-hybridized carbons (Fsp3) is 0.524. The van der Waals surface area contributed by atoms with Crippen molar-refractivity contribution >= 4 is 26.0 Å². The molecule has 0 radical (unpaired) electrons. The van der Waals surface area contributed by atoms with Gasteiger partial charge in [0.25, 0.3) is 12.3 Å². The minimum atomic E-state index is -3.21. The van der Waals surface area contributed by atoms with Crippen LogP contribution in [-0.2, 0) is 45.8 Å². The van der Waals surface area contributed by atoms with Gasteiger partial charge in [0.15, 0.2) is 6.29 Å². The molecule has 2 saturated heterocycles. The Morgan fingerprint density at radius 3 is 2.28 bits per heavy atom. The van der Waals surface area contributed by atoms with Crippen molar-refractivity contribution < 1.29 is 57.1 Å². The van der Waals surface area contributed by atoms with E-state index in [4.69, 9.17) is 32.7 Å². The van der Waals surface area contributed by atoms with E-state index < -0.39 is 62.0 Å². The monoisotopic (exact) mass is 856 g/mol. The first-order valence-corrected chi connectivity index (χ1v) is 21.9. The summed E-state index contributed by atoms with van der Waals surface area (Å²) in [7, 11) is -1.99. The summed E-state index contributed by atoms with van der Waals surface area (Å²) in [5.74, 6) is -0.184. The molecule has 5 rings (SSSR count). The van der Waals surface area contributed by atoms with E-state index in [0.29, 0.717) is 18.8 Å². The van der Waals surface area contributed by atoms with Gasteiger partial charge in [-0.2, -0.15) is 13.9 Å². The summed E-state index contributed by atoms with van der Waals surface area (Å²) in [4.78, 5) is 54.9. The molecule has 0 saturated carbocycles. The largest absolute Gasteiger partial charge is 0.453 e. The summed E-state index contributed by atoms with van der Waals surface area (Å²) in [6, 6.07) is 18.3. The number of ether oxygens (including phenoxy) is 5. The standard InChI is InChI=1S/C42H58N5O12P/c1-7-57-60(52,58-8-2)27-56-31-18-14-28(15-19-31)23-34(44-41(51)59-36-26-55-39-32(36)20-22-54-39)35(48)25-47(46-38(49)37(42(3,4)5)45-40(50)53-6)24-29-12-16-30(17-13-29)33-11-9-10-21-43-33/h9-19,21,32,34-37,39,48,52H,7-8,20,22-27H2,1-6H3,(H2-,44,45,46,49,50,51)/p+1. The quantitative estimate of drug-likeness (QED) is 0.0751. The van der Waals surface area contributed by atoms with Crippen molar-refractivity contribution in [1.82, 2.24) is 26.1 Å². The second-order valence-electron chi connectivity index (χ2n) is 15.6. The number of benzene rings is 2. The lowest BCUT2D eigenvalue weighted by molar-refractivity contribution is -0.131. The van der Waals surface area contributed by atoms with Gasteiger partial charge in [-0.15, -0.1) is 0 Å². The number of methoxy groups -OCH3 is 1. The highest BCUT2D eigenvalue weighted by Crippen LogP contribution is 2.56. The van der Waals surface area contributed by atoms with E-state index >= 15 is 0 Å². The predicted octanol–water partition coefficient (Wildman–Crippen LogP) is 4.98. The second kappa shape index (κ2) is 21.9. The van der Waals surface area contributed by atoms with E-state index in [1.165, 1.54) is 7.11 Å². The number of hydrazine groups is 1. The molecule has 17 nitrogen and oxygen atoms in total. The average Bonchev–Trinajstić information content (AvgIpc) is 3.85. The lowest BCUT2D eigenvalue weighted by Gasteiger charge is -2.34. The number of fused-ring (bicyclic) bond motifs is 1. The normalized spacial score (nSPS) is 19.2. The molecule has 2 fully saturated rings. The Balaban J connectivity index is 1.37. The number of nitrogens with zero attached hydrogens (tertiary/aromatic N) is 2. The van der Waals surface area contributed by atoms with Gasteiger partial charge in [0.05, 0.1) is 57.3 Å². The molecule has 2 aliphatic rings. The lowest BCUT2D eigenvalue weighted by Crippen LogP contribution is -2.59. The summed E-state index contributed by atoms with van der Waals surface area (Å²) in [5.41, 5.74) is 5.41. The van der Waals surface area contributed by atoms with Gasteiger partial charge in [-0.05, 0) is 67.5 Å². The third kappa shape index (κ3) is 13.5. The van der Waals surface area contributed by atoms with Crippen LogP contribution in [0.15, 0.2) is 72.9 Å². The van der Waals surface area contributed by atoms with Gasteiger partial charge < -0.3 is 39.4 Å². The minimum absolute atomic E-state index is 0.0960. The van der Waals surface area contributed by atoms with E-state index in [1.54, 1.807) is 70.1 Å². The van der Waals surface area contributed by atoms with Crippen molar-refractivity contribution in [3.8, 4) is 17.0 Å². The van der Waals surface area contributed by atoms with E-state index in [0.717, 1.165) is 22.4 Å². The Kier molecular flexibility index (Phi) is 17.0. The predicted molar refractivity (Wildman–Crippen MR) is 222 cm³/mol. The molecule has 0 bridgehead atoms. The number of carbonyl (C=O) groups is 3. The Bertz CT molecular complexity index is 1810. The highest BCUT2D eigenvalue weighted by atomic mass is 31.2. The molecule has 5 N–H and O–H groups in total. The van der Waals surface area contributed by atoms with Gasteiger partial charge in [0, 0.05) is 24.8 Å². The highest BCUT2D eigenvalue weighted by Gasteiger charge is 2.44. The Morgan fingerprint density at radius 2 is 1.65 bits per heavy atom. The summed E-state index contributed by atoms with van der Waals surface area (Å²) in [5, 5.41) is 19.0. The topological polar surface area (TPSA) is 208 Å². The number of aliphatic hydroxyl groups excluding tert-OH is 1. The number of hydrogen-bond donors (Lipinski definition) is 5. The minimum Gasteiger partial charge on any atom is -0.453 e. The first-order chi connectivity index (χ1) is 28.7. The molecule has 0 aliphatic carbocycles. The van der Waals surface area contributed by atoms with Gasteiger partial charge >= 0.3 is 20.1 Å². The Hall–Kier alpha value is -4.45. The van der Waals surface area contributed by atoms with E-state index in [9.17, 15) is 24.4 Å². The number of rotatable bonds is 20. The van der Waals surface area contributed by atoms with E-state index in [1.807, 2.05) is 42.5 Å². The maximum absolute atomic E-state index is 13.9. The summed E-state index contributed by atoms with van der Waals surface area (Å²) in [6.45, 7) is 10.1. The number of aliphatic hydroxyl groups is 1. The zero-order chi connectivity index (χ0) is 43.3. The lowest BCUT2D eigenvalue weighted by atomic mass is 9.86. The molecular weight excluding hydrogens is 797 g/mol. The molecule has 60 heavy (non-hydrogen) atoms. The van der Waals surface area contributed by atoms with Gasteiger partial charge in [-0.3, -0.25) is 15.2 Å². The molecule has 2 aliphatic heterocycles. The van der Waals surface area contributed by atoms with Crippen LogP contribution in [0.1, 0.15) is 52.2 Å². The number of pyridine rings is 1. The van der Waals surface area contributed by atoms with Crippen molar-refractivity contribution in [1.29, 1.82) is 0 Å². The molecule has 18 heteroatoms. The first-order valence-electron chi connectivity index (χ1n) is 20.1. The molecule has 3 amide bonds. The third-order valence-electron chi connectivity index (χ3n) is 9.99. The van der Waals surface area contributed by atoms with Crippen LogP contribution in [0.25, 0.3) is 11.3 Å². The molecule has 328 valence electrons. The zero-order valence-electron chi connectivity index (χ0n) is 35.1. The fourth-order valence-corrected chi connectivity index (χ4v) is 8.25. The second-order valence-corrected chi connectivity index (χ2v) is 17.6. The van der Waals surface area contributed by atoms with Crippen LogP contribution >= 0.6 is 7.94 Å². The molecule has 3 aromatic rings. The van der Waals surface area contributed by atoms with Crippen molar-refractivity contribution in [2.75, 3.05) is 46.4 Å². The number of hydrogen-bond acceptors (Lipinski definition) is 14. The Labute approximate surface area is 351 Å². The zero-order valence-corrected chi connectivity index (χ0v) is 36.0. The van der Waals surface area contributed by atoms with Crippen LogP contribution < -0.4 is 20.8 Å². The maximum Gasteiger partial charge on any atom is 0.449 e. The third-order valence-corrected chi connectivity index (χ3v) is 11.8. The van der Waals surface area contributed by atoms with Crippen molar-refractivity contribution in [2.24, 2.45) is 11.3 Å². The molecular formula is C42H59N5O12P+. The summed E-state index contributed by atoms with van der Waals surface area (Å²) < 4.78 is 38.6. The van der Waals surface area contributed by atoms with E-state index in [2.05, 4.69) is 21.0 Å². The molecule has 6 unspecified atom stereocenters. The fourth-order valence-electron chi connectivity index (χ4n) is 6.91. The van der Waals surface area contributed by atoms with Gasteiger partial charge in [-0.1, -0.05) is 63.2 Å². The van der Waals surface area contributed by atoms with Crippen molar-refractivity contribution in [2.45, 2.75) is 84.6 Å². The number of amides is 3. The molecule has 3 heterocycles. The maximum atomic E-state index is 13.9. The number of aromatic nitrogens is 1. The van der Waals surface area contributed by atoms with Crippen LogP contribution in [0.5, 0.6) is 5.75 Å². The van der Waals surface area contributed by atoms with E-state index in [-0.39, 0.29) is 51.6 Å². The molecule has 2 aromatic carbocycles. The van der Waals surface area contributed by atoms with Crippen molar-refractivity contribution in [3.05, 3.63) is 84.1 Å². The highest BCUT2D eigenvalue weighted by molar-refractivity contribution is 7.60. The summed E-state index contributed by atoms with van der Waals surface area (Å²) >= 11 is 0. The van der Waals surface area contributed by atoms with Crippen LogP contribution in [-0.4, -0.2) is 115 Å². The summed E-state index contributed by atoms with van der Waals surface area (Å²) in [6.07, 6.45) is -1.35. The van der Waals surface area contributed by atoms with Crippen LogP contribution in [0, 0.1) is 11.3 Å². The van der Waals surface area contributed by atoms with Gasteiger partial charge in [0.1, 0.15) is 17.9 Å². The van der Waals surface area contributed by atoms with Crippen LogP contribution in [0.4, 0.5) is 9.59 Å². The van der Waals surface area contributed by atoms with Gasteiger partial charge in [-0.25, -0.2) is 14.6 Å². The van der Waals surface area contributed by atoms with Crippen molar-refractivity contribution in [3.63, 3.8) is 0 Å². The van der Waals surface area contributed by atoms with Crippen LogP contribution in [0.2, 0.25) is 0 Å². The average molecular weight is 857 g/mol.